The third-order valence-corrected chi connectivity index (χ3v) is 7.42. The van der Waals surface area contributed by atoms with Gasteiger partial charge in [0.1, 0.15) is 35.1 Å². The summed E-state index contributed by atoms with van der Waals surface area (Å²) in [5.74, 6) is 0.106. The maximum atomic E-state index is 13.3. The molecule has 1 aliphatic heterocycles. The summed E-state index contributed by atoms with van der Waals surface area (Å²) in [6.07, 6.45) is 8.90. The van der Waals surface area contributed by atoms with E-state index in [9.17, 15) is 13.6 Å². The van der Waals surface area contributed by atoms with E-state index in [4.69, 9.17) is 14.2 Å². The second-order valence-corrected chi connectivity index (χ2v) is 10.1. The summed E-state index contributed by atoms with van der Waals surface area (Å²) in [5, 5.41) is 2.81. The van der Waals surface area contributed by atoms with Gasteiger partial charge < -0.3 is 19.5 Å². The molecular weight excluding hydrogens is 494 g/mol. The first kappa shape index (κ1) is 26.2. The van der Waals surface area contributed by atoms with Crippen molar-refractivity contribution in [2.45, 2.75) is 70.7 Å². The molecule has 2 atom stereocenters. The Kier molecular flexibility index (Phi) is 7.69. The van der Waals surface area contributed by atoms with E-state index in [1.807, 2.05) is 22.7 Å². The molecule has 2 unspecified atom stereocenters. The number of aromatic nitrogens is 2. The van der Waals surface area contributed by atoms with Crippen LogP contribution in [0, 0.1) is 0 Å². The molecule has 1 amide bonds. The first-order valence-electron chi connectivity index (χ1n) is 13.2. The van der Waals surface area contributed by atoms with Gasteiger partial charge in [-0.05, 0) is 57.7 Å². The largest absolute Gasteiger partial charge is 0.496 e. The standard InChI is InChI=1S/C28H34F2N4O4/c1-17-5-4-6-18(2)33(17)11-12-37-21-9-10-34-22(16-31-25(34)15-21)19-13-23(36-3)26(24(14-19)38-28(29)30)27(35)32-20-7-8-20/h9-10,13-18,20,28H,4-8,11-12H2,1-3H3,(H,32,35). The van der Waals surface area contributed by atoms with Crippen LogP contribution >= 0.6 is 0 Å². The molecule has 204 valence electrons. The van der Waals surface area contributed by atoms with Crippen molar-refractivity contribution in [3.63, 3.8) is 0 Å². The number of piperidine rings is 1. The van der Waals surface area contributed by atoms with Crippen LogP contribution < -0.4 is 19.5 Å². The van der Waals surface area contributed by atoms with Crippen LogP contribution in [0.1, 0.15) is 56.3 Å². The summed E-state index contributed by atoms with van der Waals surface area (Å²) in [5.41, 5.74) is 1.75. The predicted octanol–water partition coefficient (Wildman–Crippen LogP) is 5.15. The number of rotatable bonds is 10. The summed E-state index contributed by atoms with van der Waals surface area (Å²) in [6.45, 7) is 2.88. The highest BCUT2D eigenvalue weighted by molar-refractivity contribution is 6.01. The number of halogens is 2. The zero-order valence-electron chi connectivity index (χ0n) is 22.0. The molecule has 0 radical (unpaired) electrons. The van der Waals surface area contributed by atoms with Gasteiger partial charge in [0.05, 0.1) is 19.0 Å². The number of carbonyl (C=O) groups excluding carboxylic acids is 1. The number of hydrogen-bond donors (Lipinski definition) is 1. The van der Waals surface area contributed by atoms with E-state index in [0.717, 1.165) is 19.4 Å². The molecule has 0 spiro atoms. The molecule has 0 bridgehead atoms. The van der Waals surface area contributed by atoms with Gasteiger partial charge in [-0.1, -0.05) is 6.42 Å². The first-order valence-corrected chi connectivity index (χ1v) is 13.2. The van der Waals surface area contributed by atoms with Gasteiger partial charge in [0.15, 0.2) is 0 Å². The number of methoxy groups -OCH3 is 1. The topological polar surface area (TPSA) is 77.3 Å². The summed E-state index contributed by atoms with van der Waals surface area (Å²) >= 11 is 0. The van der Waals surface area contributed by atoms with Crippen LogP contribution in [0.4, 0.5) is 8.78 Å². The lowest BCUT2D eigenvalue weighted by Crippen LogP contribution is -2.45. The van der Waals surface area contributed by atoms with E-state index < -0.39 is 12.5 Å². The van der Waals surface area contributed by atoms with Gasteiger partial charge in [-0.25, -0.2) is 4.98 Å². The number of benzene rings is 1. The number of fused-ring (bicyclic) bond motifs is 1. The van der Waals surface area contributed by atoms with Crippen LogP contribution in [-0.4, -0.2) is 65.2 Å². The maximum absolute atomic E-state index is 13.3. The molecule has 2 fully saturated rings. The average molecular weight is 529 g/mol. The Bertz CT molecular complexity index is 1280. The van der Waals surface area contributed by atoms with Crippen LogP contribution in [0.2, 0.25) is 0 Å². The minimum atomic E-state index is -3.10. The number of imidazole rings is 1. The van der Waals surface area contributed by atoms with Crippen molar-refractivity contribution in [1.82, 2.24) is 19.6 Å². The van der Waals surface area contributed by atoms with Crippen molar-refractivity contribution in [3.8, 4) is 28.5 Å². The molecule has 38 heavy (non-hydrogen) atoms. The Morgan fingerprint density at radius 1 is 1.13 bits per heavy atom. The van der Waals surface area contributed by atoms with Crippen LogP contribution in [0.15, 0.2) is 36.7 Å². The van der Waals surface area contributed by atoms with Gasteiger partial charge in [0.25, 0.3) is 5.91 Å². The van der Waals surface area contributed by atoms with Gasteiger partial charge in [0, 0.05) is 42.5 Å². The minimum Gasteiger partial charge on any atom is -0.496 e. The highest BCUT2D eigenvalue weighted by atomic mass is 19.3. The Hall–Kier alpha value is -3.40. The summed E-state index contributed by atoms with van der Waals surface area (Å²) in [4.78, 5) is 19.8. The lowest BCUT2D eigenvalue weighted by Gasteiger charge is -2.38. The molecule has 3 heterocycles. The van der Waals surface area contributed by atoms with Crippen molar-refractivity contribution >= 4 is 11.6 Å². The number of likely N-dealkylation sites (tertiary alicyclic amines) is 1. The fraction of sp³-hybridized carbons (Fsp3) is 0.500. The fourth-order valence-electron chi connectivity index (χ4n) is 5.25. The van der Waals surface area contributed by atoms with E-state index in [1.54, 1.807) is 12.3 Å². The average Bonchev–Trinajstić information content (AvgIpc) is 3.60. The molecule has 10 heteroatoms. The number of pyridine rings is 1. The Balaban J connectivity index is 1.37. The fourth-order valence-corrected chi connectivity index (χ4v) is 5.25. The van der Waals surface area contributed by atoms with Gasteiger partial charge in [-0.2, -0.15) is 8.78 Å². The lowest BCUT2D eigenvalue weighted by molar-refractivity contribution is -0.0502. The van der Waals surface area contributed by atoms with Gasteiger partial charge in [0.2, 0.25) is 0 Å². The van der Waals surface area contributed by atoms with Crippen molar-refractivity contribution in [2.24, 2.45) is 0 Å². The smallest absolute Gasteiger partial charge is 0.387 e. The van der Waals surface area contributed by atoms with E-state index in [2.05, 4.69) is 29.0 Å². The number of amides is 1. The van der Waals surface area contributed by atoms with E-state index in [-0.39, 0.29) is 23.1 Å². The molecule has 2 aliphatic rings. The normalized spacial score (nSPS) is 20.1. The summed E-state index contributed by atoms with van der Waals surface area (Å²) in [7, 11) is 1.39. The van der Waals surface area contributed by atoms with Crippen LogP contribution in [-0.2, 0) is 0 Å². The molecule has 1 saturated carbocycles. The maximum Gasteiger partial charge on any atom is 0.387 e. The lowest BCUT2D eigenvalue weighted by atomic mass is 9.98. The number of ether oxygens (including phenoxy) is 3. The van der Waals surface area contributed by atoms with Crippen LogP contribution in [0.5, 0.6) is 17.2 Å². The number of nitrogens with one attached hydrogen (secondary N) is 1. The highest BCUT2D eigenvalue weighted by Gasteiger charge is 2.29. The molecule has 5 rings (SSSR count). The number of alkyl halides is 2. The Morgan fingerprint density at radius 2 is 1.87 bits per heavy atom. The zero-order chi connectivity index (χ0) is 26.8. The third kappa shape index (κ3) is 5.70. The SMILES string of the molecule is COc1cc(-c2cnc3cc(OCCN4C(C)CCCC4C)ccn23)cc(OC(F)F)c1C(=O)NC1CC1. The number of hydrogen-bond acceptors (Lipinski definition) is 6. The minimum absolute atomic E-state index is 0.0492. The number of nitrogens with zero attached hydrogens (tertiary/aromatic N) is 3. The highest BCUT2D eigenvalue weighted by Crippen LogP contribution is 2.37. The molecule has 8 nitrogen and oxygen atoms in total. The Labute approximate surface area is 220 Å². The zero-order valence-corrected chi connectivity index (χ0v) is 22.0. The predicted molar refractivity (Wildman–Crippen MR) is 139 cm³/mol. The molecule has 3 aromatic rings. The molecule has 2 aromatic heterocycles. The van der Waals surface area contributed by atoms with E-state index in [1.165, 1.54) is 32.4 Å². The third-order valence-electron chi connectivity index (χ3n) is 7.42. The first-order chi connectivity index (χ1) is 18.3. The van der Waals surface area contributed by atoms with Crippen molar-refractivity contribution in [3.05, 3.63) is 42.2 Å². The molecular formula is C28H34F2N4O4. The molecule has 1 saturated heterocycles. The second-order valence-electron chi connectivity index (χ2n) is 10.1. The quantitative estimate of drug-likeness (QED) is 0.393. The van der Waals surface area contributed by atoms with Gasteiger partial charge in [-0.3, -0.25) is 14.1 Å². The van der Waals surface area contributed by atoms with Gasteiger partial charge in [-0.15, -0.1) is 0 Å². The monoisotopic (exact) mass is 528 g/mol. The molecule has 1 aliphatic carbocycles. The second kappa shape index (κ2) is 11.1. The van der Waals surface area contributed by atoms with E-state index in [0.29, 0.717) is 41.3 Å². The molecule has 1 N–H and O–H groups in total. The summed E-state index contributed by atoms with van der Waals surface area (Å²) < 4.78 is 44.6. The van der Waals surface area contributed by atoms with Crippen molar-refractivity contribution < 1.29 is 27.8 Å². The summed E-state index contributed by atoms with van der Waals surface area (Å²) in [6, 6.07) is 7.92. The van der Waals surface area contributed by atoms with Crippen LogP contribution in [0.25, 0.3) is 16.9 Å². The molecule has 1 aromatic carbocycles. The van der Waals surface area contributed by atoms with Gasteiger partial charge >= 0.3 is 6.61 Å². The van der Waals surface area contributed by atoms with Crippen molar-refractivity contribution in [1.29, 1.82) is 0 Å². The van der Waals surface area contributed by atoms with E-state index >= 15 is 0 Å². The van der Waals surface area contributed by atoms with Crippen LogP contribution in [0.3, 0.4) is 0 Å². The van der Waals surface area contributed by atoms with Crippen molar-refractivity contribution in [2.75, 3.05) is 20.3 Å². The Morgan fingerprint density at radius 3 is 2.55 bits per heavy atom. The number of carbonyl (C=O) groups is 1.